The first kappa shape index (κ1) is 9.28. The molecule has 1 heteroatoms. The molecule has 0 aromatic rings. The third-order valence-electron chi connectivity index (χ3n) is 1.39. The van der Waals surface area contributed by atoms with Crippen LogP contribution in [0.15, 0.2) is 25.3 Å². The van der Waals surface area contributed by atoms with Crippen molar-refractivity contribution in [1.29, 1.82) is 0 Å². The topological polar surface area (TPSA) is 0 Å². The van der Waals surface area contributed by atoms with Crippen LogP contribution in [0, 0.1) is 0 Å². The molecule has 0 heterocycles. The third-order valence-corrected chi connectivity index (χ3v) is 3.27. The zero-order valence-corrected chi connectivity index (χ0v) is 8.84. The molecule has 0 aliphatic heterocycles. The summed E-state index contributed by atoms with van der Waals surface area (Å²) in [5, 5.41) is 0. The molecule has 3 radical (unpaired) electrons. The van der Waals surface area contributed by atoms with Gasteiger partial charge in [0.2, 0.25) is 0 Å². The molecule has 0 saturated carbocycles. The summed E-state index contributed by atoms with van der Waals surface area (Å²) in [5.41, 5.74) is 0. The molecule has 0 fully saturated rings. The molecule has 0 aliphatic carbocycles. The molecular weight excluding hydrogens is 215 g/mol. The molecule has 0 aromatic heterocycles. The van der Waals surface area contributed by atoms with Gasteiger partial charge in [0, 0.05) is 0 Å². The van der Waals surface area contributed by atoms with Crippen LogP contribution in [0.2, 0.25) is 3.43 Å². The van der Waals surface area contributed by atoms with E-state index < -0.39 is 0 Å². The second-order valence-corrected chi connectivity index (χ2v) is 4.86. The van der Waals surface area contributed by atoms with E-state index in [-0.39, 0.29) is 3.43 Å². The van der Waals surface area contributed by atoms with Gasteiger partial charge >= 0.3 is 71.0 Å². The molecule has 0 atom stereocenters. The maximum absolute atomic E-state index is 3.77. The minimum atomic E-state index is 0.251. The van der Waals surface area contributed by atoms with Crippen molar-refractivity contribution in [3.05, 3.63) is 25.3 Å². The summed E-state index contributed by atoms with van der Waals surface area (Å²) in [4.78, 5) is 0. The molecule has 49 valence electrons. The van der Waals surface area contributed by atoms with Crippen LogP contribution < -0.4 is 0 Å². The van der Waals surface area contributed by atoms with Gasteiger partial charge < -0.3 is 0 Å². The predicted molar refractivity (Wildman–Crippen MR) is 43.7 cm³/mol. The summed E-state index contributed by atoms with van der Waals surface area (Å²) in [6.45, 7) is 9.73. The zero-order valence-electron chi connectivity index (χ0n) is 5.98. The van der Waals surface area contributed by atoms with E-state index in [1.54, 1.807) is 0 Å². The van der Waals surface area contributed by atoms with Gasteiger partial charge in [-0.15, -0.1) is 0 Å². The second kappa shape index (κ2) is 4.15. The summed E-state index contributed by atoms with van der Waals surface area (Å²) < 4.78 is 0.251. The van der Waals surface area contributed by atoms with Gasteiger partial charge in [0.25, 0.3) is 0 Å². The first-order chi connectivity index (χ1) is 4.18. The Morgan fingerprint density at radius 1 is 1.44 bits per heavy atom. The fourth-order valence-corrected chi connectivity index (χ4v) is 1.41. The van der Waals surface area contributed by atoms with Crippen molar-refractivity contribution in [2.75, 3.05) is 0 Å². The van der Waals surface area contributed by atoms with Gasteiger partial charge in [-0.05, 0) is 0 Å². The van der Waals surface area contributed by atoms with E-state index in [2.05, 4.69) is 20.1 Å². The van der Waals surface area contributed by atoms with Crippen LogP contribution in [0.4, 0.5) is 0 Å². The molecule has 0 nitrogen and oxygen atoms in total. The average Bonchev–Trinajstić information content (AvgIpc) is 1.89. The van der Waals surface area contributed by atoms with Gasteiger partial charge in [-0.3, -0.25) is 0 Å². The van der Waals surface area contributed by atoms with Crippen LogP contribution in [0.5, 0.6) is 0 Å². The van der Waals surface area contributed by atoms with Gasteiger partial charge in [0.1, 0.15) is 0 Å². The molecule has 0 unspecified atom stereocenters. The fraction of sp³-hybridized carbons (Fsp3) is 0.500. The van der Waals surface area contributed by atoms with Crippen LogP contribution >= 0.6 is 0 Å². The van der Waals surface area contributed by atoms with Crippen molar-refractivity contribution in [1.82, 2.24) is 0 Å². The van der Waals surface area contributed by atoms with Crippen molar-refractivity contribution in [3.8, 4) is 0 Å². The van der Waals surface area contributed by atoms with Crippen molar-refractivity contribution in [2.45, 2.75) is 23.2 Å². The summed E-state index contributed by atoms with van der Waals surface area (Å²) in [5.74, 6) is 0. The van der Waals surface area contributed by atoms with E-state index in [1.807, 2.05) is 12.2 Å². The first-order valence-electron chi connectivity index (χ1n) is 3.20. The van der Waals surface area contributed by atoms with E-state index in [0.717, 1.165) is 0 Å². The molecule has 0 spiro atoms. The van der Waals surface area contributed by atoms with Crippen LogP contribution in [-0.4, -0.2) is 22.5 Å². The molecule has 0 N–H and O–H groups in total. The van der Waals surface area contributed by atoms with Gasteiger partial charge in [-0.1, -0.05) is 0 Å². The van der Waals surface area contributed by atoms with Gasteiger partial charge in [0.15, 0.2) is 0 Å². The Bertz CT molecular complexity index is 97.1. The summed E-state index contributed by atoms with van der Waals surface area (Å²) in [6.07, 6.45) is 6.41. The molecule has 0 amide bonds. The van der Waals surface area contributed by atoms with Crippen molar-refractivity contribution < 1.29 is 0 Å². The molecule has 0 rings (SSSR count). The monoisotopic (exact) mass is 229 g/mol. The van der Waals surface area contributed by atoms with E-state index >= 15 is 0 Å². The maximum atomic E-state index is 3.77. The number of allylic oxidation sites excluding steroid dienone is 2. The van der Waals surface area contributed by atoms with Gasteiger partial charge in [0.05, 0.1) is 0 Å². The second-order valence-electron chi connectivity index (χ2n) is 2.20. The molecule has 9 heavy (non-hydrogen) atoms. The van der Waals surface area contributed by atoms with Crippen LogP contribution in [0.25, 0.3) is 0 Å². The Labute approximate surface area is 71.1 Å². The average molecular weight is 228 g/mol. The summed E-state index contributed by atoms with van der Waals surface area (Å²) in [7, 11) is 0. The van der Waals surface area contributed by atoms with E-state index in [9.17, 15) is 0 Å². The predicted octanol–water partition coefficient (Wildman–Crippen LogP) is 2.49. The molecule has 0 bridgehead atoms. The van der Waals surface area contributed by atoms with Crippen LogP contribution in [0.1, 0.15) is 19.8 Å². The Morgan fingerprint density at radius 3 is 2.00 bits per heavy atom. The zero-order chi connectivity index (χ0) is 7.33. The third kappa shape index (κ3) is 3.09. The molecular formula is C8H13Sn. The van der Waals surface area contributed by atoms with E-state index in [4.69, 9.17) is 0 Å². The van der Waals surface area contributed by atoms with Crippen molar-refractivity contribution in [2.24, 2.45) is 0 Å². The van der Waals surface area contributed by atoms with Gasteiger partial charge in [-0.2, -0.15) is 0 Å². The molecule has 0 aromatic carbocycles. The SMILES string of the molecule is C=C[C]([Sn])(C=C)CCC. The standard InChI is InChI=1S/C8H13.Sn/c1-4-7-8(5-2)6-3;/h5-6H,2-4,7H2,1H3;. The molecule has 0 aliphatic rings. The summed E-state index contributed by atoms with van der Waals surface area (Å²) >= 11 is 1.50. The number of hydrogen-bond donors (Lipinski definition) is 0. The first-order valence-corrected chi connectivity index (χ1v) is 4.63. The number of hydrogen-bond acceptors (Lipinski definition) is 0. The fourth-order valence-electron chi connectivity index (χ4n) is 0.701. The van der Waals surface area contributed by atoms with Crippen LogP contribution in [0.3, 0.4) is 0 Å². The minimum absolute atomic E-state index is 0.251. The van der Waals surface area contributed by atoms with Crippen molar-refractivity contribution >= 4 is 22.5 Å². The Kier molecular flexibility index (Phi) is 4.28. The normalized spacial score (nSPS) is 10.9. The summed E-state index contributed by atoms with van der Waals surface area (Å²) in [6, 6.07) is 0. The quantitative estimate of drug-likeness (QED) is 0.512. The van der Waals surface area contributed by atoms with E-state index in [0.29, 0.717) is 0 Å². The van der Waals surface area contributed by atoms with Crippen LogP contribution in [-0.2, 0) is 0 Å². The van der Waals surface area contributed by atoms with E-state index in [1.165, 1.54) is 35.4 Å². The number of rotatable bonds is 4. The molecule has 0 saturated heterocycles. The Hall–Kier alpha value is 0.279. The van der Waals surface area contributed by atoms with Crippen molar-refractivity contribution in [3.63, 3.8) is 0 Å². The Morgan fingerprint density at radius 2 is 1.89 bits per heavy atom. The Balaban J connectivity index is 3.91. The van der Waals surface area contributed by atoms with Gasteiger partial charge in [-0.25, -0.2) is 0 Å².